The van der Waals surface area contributed by atoms with E-state index in [9.17, 15) is 9.59 Å². The fourth-order valence-electron chi connectivity index (χ4n) is 2.46. The molecule has 118 valence electrons. The molecule has 22 heavy (non-hydrogen) atoms. The van der Waals surface area contributed by atoms with E-state index in [1.54, 1.807) is 18.2 Å². The lowest BCUT2D eigenvalue weighted by Crippen LogP contribution is -2.40. The molecule has 6 heteroatoms. The van der Waals surface area contributed by atoms with E-state index in [0.29, 0.717) is 49.8 Å². The van der Waals surface area contributed by atoms with E-state index in [0.717, 1.165) is 6.42 Å². The second kappa shape index (κ2) is 5.87. The van der Waals surface area contributed by atoms with Crippen LogP contribution in [0.2, 0.25) is 0 Å². The van der Waals surface area contributed by atoms with Gasteiger partial charge < -0.3 is 20.1 Å². The van der Waals surface area contributed by atoms with Crippen molar-refractivity contribution in [2.24, 2.45) is 5.41 Å². The molecule has 0 radical (unpaired) electrons. The number of amides is 2. The molecule has 0 atom stereocenters. The number of benzene rings is 1. The van der Waals surface area contributed by atoms with Crippen molar-refractivity contribution in [1.82, 2.24) is 5.32 Å². The molecule has 1 aliphatic carbocycles. The highest BCUT2D eigenvalue weighted by Gasteiger charge is 2.56. The lowest BCUT2D eigenvalue weighted by Gasteiger charge is -2.20. The minimum absolute atomic E-state index is 0.176. The molecule has 1 aromatic carbocycles. The molecule has 0 bridgehead atoms. The molecule has 0 saturated heterocycles. The number of ether oxygens (including phenoxy) is 2. The van der Waals surface area contributed by atoms with Crippen molar-refractivity contribution in [2.75, 3.05) is 25.1 Å². The van der Waals surface area contributed by atoms with Gasteiger partial charge >= 0.3 is 0 Å². The first-order valence-electron chi connectivity index (χ1n) is 7.65. The van der Waals surface area contributed by atoms with Gasteiger partial charge in [-0.1, -0.05) is 6.92 Å². The fraction of sp³-hybridized carbons (Fsp3) is 0.500. The van der Waals surface area contributed by atoms with E-state index in [2.05, 4.69) is 10.6 Å². The Morgan fingerprint density at radius 3 is 2.55 bits per heavy atom. The zero-order valence-electron chi connectivity index (χ0n) is 12.6. The van der Waals surface area contributed by atoms with Gasteiger partial charge in [0, 0.05) is 18.3 Å². The van der Waals surface area contributed by atoms with Crippen LogP contribution < -0.4 is 20.1 Å². The first-order chi connectivity index (χ1) is 10.7. The van der Waals surface area contributed by atoms with E-state index in [-0.39, 0.29) is 11.8 Å². The number of fused-ring (bicyclic) bond motifs is 1. The van der Waals surface area contributed by atoms with E-state index >= 15 is 0 Å². The van der Waals surface area contributed by atoms with Crippen LogP contribution in [0.4, 0.5) is 5.69 Å². The fourth-order valence-corrected chi connectivity index (χ4v) is 2.46. The van der Waals surface area contributed by atoms with Gasteiger partial charge in [-0.05, 0) is 31.4 Å². The number of nitrogens with one attached hydrogen (secondary N) is 2. The minimum atomic E-state index is -0.900. The van der Waals surface area contributed by atoms with Crippen LogP contribution in [-0.4, -0.2) is 31.6 Å². The number of hydrogen-bond donors (Lipinski definition) is 2. The third kappa shape index (κ3) is 2.73. The van der Waals surface area contributed by atoms with E-state index < -0.39 is 5.41 Å². The van der Waals surface area contributed by atoms with Crippen LogP contribution in [0, 0.1) is 5.41 Å². The largest absolute Gasteiger partial charge is 0.486 e. The van der Waals surface area contributed by atoms with Crippen LogP contribution in [0.3, 0.4) is 0 Å². The Morgan fingerprint density at radius 2 is 1.86 bits per heavy atom. The Balaban J connectivity index is 1.68. The lowest BCUT2D eigenvalue weighted by molar-refractivity contribution is -0.134. The summed E-state index contributed by atoms with van der Waals surface area (Å²) < 4.78 is 10.9. The van der Waals surface area contributed by atoms with Crippen molar-refractivity contribution in [1.29, 1.82) is 0 Å². The van der Waals surface area contributed by atoms with Gasteiger partial charge in [0.25, 0.3) is 0 Å². The Labute approximate surface area is 129 Å². The molecule has 0 aromatic heterocycles. The minimum Gasteiger partial charge on any atom is -0.486 e. The van der Waals surface area contributed by atoms with Gasteiger partial charge in [-0.3, -0.25) is 9.59 Å². The number of rotatable bonds is 5. The van der Waals surface area contributed by atoms with E-state index in [4.69, 9.17) is 9.47 Å². The Morgan fingerprint density at radius 1 is 1.14 bits per heavy atom. The highest BCUT2D eigenvalue weighted by atomic mass is 16.6. The summed E-state index contributed by atoms with van der Waals surface area (Å²) in [5.41, 5.74) is -0.286. The highest BCUT2D eigenvalue weighted by Crippen LogP contribution is 2.47. The third-order valence-electron chi connectivity index (χ3n) is 3.95. The number of anilines is 1. The lowest BCUT2D eigenvalue weighted by atomic mass is 10.0. The smallest absolute Gasteiger partial charge is 0.240 e. The van der Waals surface area contributed by atoms with Crippen LogP contribution in [-0.2, 0) is 9.59 Å². The summed E-state index contributed by atoms with van der Waals surface area (Å²) in [7, 11) is 0. The highest BCUT2D eigenvalue weighted by molar-refractivity contribution is 6.13. The zero-order valence-corrected chi connectivity index (χ0v) is 12.6. The summed E-state index contributed by atoms with van der Waals surface area (Å²) in [4.78, 5) is 24.6. The molecule has 6 nitrogen and oxygen atoms in total. The maximum atomic E-state index is 12.4. The van der Waals surface area contributed by atoms with Crippen LogP contribution in [0.5, 0.6) is 11.5 Å². The molecule has 1 fully saturated rings. The molecular formula is C16H20N2O4. The van der Waals surface area contributed by atoms with Gasteiger partial charge in [-0.2, -0.15) is 0 Å². The van der Waals surface area contributed by atoms with Crippen LogP contribution in [0.25, 0.3) is 0 Å². The predicted octanol–water partition coefficient (Wildman–Crippen LogP) is 1.70. The number of carbonyl (C=O) groups excluding carboxylic acids is 2. The monoisotopic (exact) mass is 304 g/mol. The van der Waals surface area contributed by atoms with E-state index in [1.807, 2.05) is 6.92 Å². The topological polar surface area (TPSA) is 76.7 Å². The quantitative estimate of drug-likeness (QED) is 0.812. The van der Waals surface area contributed by atoms with Crippen molar-refractivity contribution >= 4 is 17.5 Å². The summed E-state index contributed by atoms with van der Waals surface area (Å²) in [6.07, 6.45) is 2.05. The summed E-state index contributed by atoms with van der Waals surface area (Å²) in [5, 5.41) is 5.62. The van der Waals surface area contributed by atoms with Crippen molar-refractivity contribution in [3.8, 4) is 11.5 Å². The van der Waals surface area contributed by atoms with Crippen LogP contribution >= 0.6 is 0 Å². The number of carbonyl (C=O) groups is 2. The predicted molar refractivity (Wildman–Crippen MR) is 81.0 cm³/mol. The first-order valence-corrected chi connectivity index (χ1v) is 7.65. The van der Waals surface area contributed by atoms with Gasteiger partial charge in [0.15, 0.2) is 11.5 Å². The molecular weight excluding hydrogens is 284 g/mol. The SMILES string of the molecule is CCCNC(=O)C1(C(=O)Nc2ccc3c(c2)OCCO3)CC1. The molecule has 2 amide bonds. The summed E-state index contributed by atoms with van der Waals surface area (Å²) in [6, 6.07) is 5.25. The molecule has 0 spiro atoms. The average Bonchev–Trinajstić information content (AvgIpc) is 3.34. The molecule has 0 unspecified atom stereocenters. The Kier molecular flexibility index (Phi) is 3.92. The van der Waals surface area contributed by atoms with Gasteiger partial charge in [-0.25, -0.2) is 0 Å². The third-order valence-corrected chi connectivity index (χ3v) is 3.95. The van der Waals surface area contributed by atoms with Gasteiger partial charge in [0.05, 0.1) is 0 Å². The molecule has 1 saturated carbocycles. The van der Waals surface area contributed by atoms with Gasteiger partial charge in [0.2, 0.25) is 11.8 Å². The summed E-state index contributed by atoms with van der Waals surface area (Å²) in [5.74, 6) is 0.859. The van der Waals surface area contributed by atoms with Crippen molar-refractivity contribution in [2.45, 2.75) is 26.2 Å². The summed E-state index contributed by atoms with van der Waals surface area (Å²) >= 11 is 0. The van der Waals surface area contributed by atoms with E-state index in [1.165, 1.54) is 0 Å². The van der Waals surface area contributed by atoms with Crippen molar-refractivity contribution in [3.05, 3.63) is 18.2 Å². The molecule has 1 heterocycles. The Hall–Kier alpha value is -2.24. The van der Waals surface area contributed by atoms with Crippen molar-refractivity contribution in [3.63, 3.8) is 0 Å². The maximum absolute atomic E-state index is 12.4. The second-order valence-corrected chi connectivity index (χ2v) is 5.65. The first kappa shape index (κ1) is 14.7. The van der Waals surface area contributed by atoms with Crippen molar-refractivity contribution < 1.29 is 19.1 Å². The molecule has 2 aliphatic rings. The standard InChI is InChI=1S/C16H20N2O4/c1-2-7-17-14(19)16(5-6-16)15(20)18-11-3-4-12-13(10-11)22-9-8-21-12/h3-4,10H,2,5-9H2,1H3,(H,17,19)(H,18,20). The van der Waals surface area contributed by atoms with Crippen LogP contribution in [0.15, 0.2) is 18.2 Å². The molecule has 1 aliphatic heterocycles. The maximum Gasteiger partial charge on any atom is 0.240 e. The van der Waals surface area contributed by atoms with Gasteiger partial charge in [0.1, 0.15) is 18.6 Å². The Bertz CT molecular complexity index is 596. The number of hydrogen-bond acceptors (Lipinski definition) is 4. The average molecular weight is 304 g/mol. The molecule has 2 N–H and O–H groups in total. The molecule has 3 rings (SSSR count). The zero-order chi connectivity index (χ0) is 15.6. The second-order valence-electron chi connectivity index (χ2n) is 5.65. The summed E-state index contributed by atoms with van der Waals surface area (Å²) in [6.45, 7) is 3.60. The van der Waals surface area contributed by atoms with Crippen LogP contribution in [0.1, 0.15) is 26.2 Å². The van der Waals surface area contributed by atoms with Gasteiger partial charge in [-0.15, -0.1) is 0 Å². The molecule has 1 aromatic rings. The normalized spacial score (nSPS) is 17.5.